The zero-order valence-corrected chi connectivity index (χ0v) is 14.4. The monoisotopic (exact) mass is 339 g/mol. The number of sulfonamides is 1. The van der Waals surface area contributed by atoms with E-state index in [0.717, 1.165) is 19.4 Å². The second-order valence-corrected chi connectivity index (χ2v) is 7.91. The molecular weight excluding hydrogens is 314 g/mol. The molecule has 1 aliphatic heterocycles. The van der Waals surface area contributed by atoms with Crippen molar-refractivity contribution >= 4 is 27.3 Å². The Balaban J connectivity index is 2.01. The highest BCUT2D eigenvalue weighted by molar-refractivity contribution is 7.92. The van der Waals surface area contributed by atoms with Crippen LogP contribution in [0.2, 0.25) is 0 Å². The molecule has 0 unspecified atom stereocenters. The molecule has 1 aliphatic rings. The van der Waals surface area contributed by atoms with E-state index in [1.54, 1.807) is 24.3 Å². The normalized spacial score (nSPS) is 21.7. The minimum atomic E-state index is -3.33. The Bertz CT molecular complexity index is 646. The summed E-state index contributed by atoms with van der Waals surface area (Å²) in [6, 6.07) is 7.15. The maximum absolute atomic E-state index is 12.3. The van der Waals surface area contributed by atoms with Crippen LogP contribution in [-0.2, 0) is 14.8 Å². The largest absolute Gasteiger partial charge is 0.326 e. The van der Waals surface area contributed by atoms with E-state index in [4.69, 9.17) is 0 Å². The number of rotatable bonds is 6. The fourth-order valence-electron chi connectivity index (χ4n) is 2.77. The summed E-state index contributed by atoms with van der Waals surface area (Å²) in [5, 5.41) is 6.21. The van der Waals surface area contributed by atoms with Crippen LogP contribution in [-0.4, -0.2) is 32.7 Å². The zero-order valence-electron chi connectivity index (χ0n) is 13.6. The summed E-state index contributed by atoms with van der Waals surface area (Å²) in [5.41, 5.74) is 1.08. The van der Waals surface area contributed by atoms with E-state index in [0.29, 0.717) is 23.8 Å². The first kappa shape index (κ1) is 17.7. The van der Waals surface area contributed by atoms with Crippen LogP contribution in [0.1, 0.15) is 33.1 Å². The van der Waals surface area contributed by atoms with Crippen molar-refractivity contribution in [3.8, 4) is 0 Å². The van der Waals surface area contributed by atoms with Gasteiger partial charge in [0.05, 0.1) is 11.4 Å². The molecule has 1 amide bonds. The first-order chi connectivity index (χ1) is 10.9. The van der Waals surface area contributed by atoms with Gasteiger partial charge in [-0.2, -0.15) is 0 Å². The Kier molecular flexibility index (Phi) is 6.01. The summed E-state index contributed by atoms with van der Waals surface area (Å²) in [5.74, 6) is 0.0647. The summed E-state index contributed by atoms with van der Waals surface area (Å²) >= 11 is 0. The van der Waals surface area contributed by atoms with Gasteiger partial charge in [-0.3, -0.25) is 9.52 Å². The van der Waals surface area contributed by atoms with E-state index in [9.17, 15) is 13.2 Å². The predicted molar refractivity (Wildman–Crippen MR) is 93.0 cm³/mol. The molecule has 2 atom stereocenters. The third kappa shape index (κ3) is 5.51. The summed E-state index contributed by atoms with van der Waals surface area (Å²) in [7, 11) is -3.33. The van der Waals surface area contributed by atoms with E-state index in [2.05, 4.69) is 22.3 Å². The van der Waals surface area contributed by atoms with E-state index in [1.807, 2.05) is 6.92 Å². The molecule has 6 nitrogen and oxygen atoms in total. The van der Waals surface area contributed by atoms with Crippen LogP contribution in [0.3, 0.4) is 0 Å². The van der Waals surface area contributed by atoms with Gasteiger partial charge in [-0.25, -0.2) is 8.42 Å². The molecule has 128 valence electrons. The van der Waals surface area contributed by atoms with Crippen molar-refractivity contribution in [2.45, 2.75) is 39.2 Å². The lowest BCUT2D eigenvalue weighted by Gasteiger charge is -2.27. The third-order valence-corrected chi connectivity index (χ3v) is 5.36. The van der Waals surface area contributed by atoms with Crippen LogP contribution in [0, 0.1) is 5.92 Å². The van der Waals surface area contributed by atoms with Crippen molar-refractivity contribution in [3.05, 3.63) is 24.3 Å². The molecule has 2 rings (SSSR count). The van der Waals surface area contributed by atoms with Crippen molar-refractivity contribution in [1.29, 1.82) is 0 Å². The average molecular weight is 339 g/mol. The molecule has 23 heavy (non-hydrogen) atoms. The van der Waals surface area contributed by atoms with Crippen molar-refractivity contribution in [2.24, 2.45) is 5.92 Å². The molecule has 0 bridgehead atoms. The lowest BCUT2D eigenvalue weighted by Crippen LogP contribution is -2.40. The second kappa shape index (κ2) is 7.79. The van der Waals surface area contributed by atoms with Crippen molar-refractivity contribution in [2.75, 3.05) is 22.3 Å². The number of anilines is 2. The van der Waals surface area contributed by atoms with Crippen molar-refractivity contribution in [1.82, 2.24) is 5.32 Å². The lowest BCUT2D eigenvalue weighted by atomic mass is 9.92. The Labute approximate surface area is 138 Å². The van der Waals surface area contributed by atoms with Gasteiger partial charge in [-0.1, -0.05) is 13.0 Å². The number of carbonyl (C=O) groups excluding carboxylic acids is 1. The molecule has 1 aromatic rings. The van der Waals surface area contributed by atoms with Gasteiger partial charge in [-0.15, -0.1) is 0 Å². The standard InChI is InChI=1S/C16H25N3O3S/c1-3-9-23(21,22)19-15-6-4-5-14(11-15)18-16(20)13-7-8-17-12(2)10-13/h4-6,11-13,17,19H,3,7-10H2,1-2H3,(H,18,20)/t12-,13-/m0/s1. The molecule has 1 heterocycles. The summed E-state index contributed by atoms with van der Waals surface area (Å²) in [6.07, 6.45) is 2.19. The van der Waals surface area contributed by atoms with Crippen molar-refractivity contribution < 1.29 is 13.2 Å². The van der Waals surface area contributed by atoms with Gasteiger partial charge in [0.2, 0.25) is 15.9 Å². The van der Waals surface area contributed by atoms with Crippen LogP contribution in [0.25, 0.3) is 0 Å². The molecule has 1 fully saturated rings. The van der Waals surface area contributed by atoms with Crippen molar-refractivity contribution in [3.63, 3.8) is 0 Å². The number of amides is 1. The molecule has 0 aromatic heterocycles. The highest BCUT2D eigenvalue weighted by atomic mass is 32.2. The number of piperidine rings is 1. The molecule has 0 aliphatic carbocycles. The smallest absolute Gasteiger partial charge is 0.232 e. The molecular formula is C16H25N3O3S. The van der Waals surface area contributed by atoms with Crippen LogP contribution in [0.5, 0.6) is 0 Å². The Morgan fingerprint density at radius 2 is 2.09 bits per heavy atom. The zero-order chi connectivity index (χ0) is 16.9. The van der Waals surface area contributed by atoms with Gasteiger partial charge in [0.25, 0.3) is 0 Å². The number of hydrogen-bond acceptors (Lipinski definition) is 4. The molecule has 0 saturated carbocycles. The summed E-state index contributed by atoms with van der Waals surface area (Å²) < 4.78 is 26.2. The number of benzene rings is 1. The van der Waals surface area contributed by atoms with Crippen LogP contribution in [0.15, 0.2) is 24.3 Å². The topological polar surface area (TPSA) is 87.3 Å². The maximum atomic E-state index is 12.3. The van der Waals surface area contributed by atoms with E-state index in [-0.39, 0.29) is 17.6 Å². The van der Waals surface area contributed by atoms with Gasteiger partial charge in [-0.05, 0) is 50.9 Å². The van der Waals surface area contributed by atoms with E-state index >= 15 is 0 Å². The van der Waals surface area contributed by atoms with Gasteiger partial charge in [0.1, 0.15) is 0 Å². The van der Waals surface area contributed by atoms with Gasteiger partial charge in [0, 0.05) is 17.6 Å². The third-order valence-electron chi connectivity index (χ3n) is 3.87. The SMILES string of the molecule is CCCS(=O)(=O)Nc1cccc(NC(=O)[C@H]2CCN[C@@H](C)C2)c1. The molecule has 0 radical (unpaired) electrons. The van der Waals surface area contributed by atoms with Crippen LogP contribution < -0.4 is 15.4 Å². The lowest BCUT2D eigenvalue weighted by molar-refractivity contribution is -0.120. The Hall–Kier alpha value is -1.60. The highest BCUT2D eigenvalue weighted by Crippen LogP contribution is 2.21. The minimum absolute atomic E-state index is 0.00749. The molecule has 7 heteroatoms. The number of hydrogen-bond donors (Lipinski definition) is 3. The van der Waals surface area contributed by atoms with E-state index in [1.165, 1.54) is 0 Å². The predicted octanol–water partition coefficient (Wildman–Crippen LogP) is 2.16. The van der Waals surface area contributed by atoms with Crippen LogP contribution in [0.4, 0.5) is 11.4 Å². The second-order valence-electron chi connectivity index (χ2n) is 6.07. The first-order valence-electron chi connectivity index (χ1n) is 8.04. The van der Waals surface area contributed by atoms with E-state index < -0.39 is 10.0 Å². The summed E-state index contributed by atoms with van der Waals surface area (Å²) in [6.45, 7) is 4.73. The fourth-order valence-corrected chi connectivity index (χ4v) is 3.90. The summed E-state index contributed by atoms with van der Waals surface area (Å²) in [4.78, 5) is 12.3. The molecule has 1 saturated heterocycles. The number of carbonyl (C=O) groups is 1. The van der Waals surface area contributed by atoms with Gasteiger partial charge in [0.15, 0.2) is 0 Å². The quantitative estimate of drug-likeness (QED) is 0.741. The maximum Gasteiger partial charge on any atom is 0.232 e. The first-order valence-corrected chi connectivity index (χ1v) is 9.69. The van der Waals surface area contributed by atoms with Crippen LogP contribution >= 0.6 is 0 Å². The highest BCUT2D eigenvalue weighted by Gasteiger charge is 2.24. The molecule has 1 aromatic carbocycles. The fraction of sp³-hybridized carbons (Fsp3) is 0.562. The van der Waals surface area contributed by atoms with Gasteiger partial charge < -0.3 is 10.6 Å². The molecule has 0 spiro atoms. The Morgan fingerprint density at radius 1 is 1.35 bits per heavy atom. The molecule has 3 N–H and O–H groups in total. The number of nitrogens with one attached hydrogen (secondary N) is 3. The van der Waals surface area contributed by atoms with Gasteiger partial charge >= 0.3 is 0 Å². The Morgan fingerprint density at radius 3 is 2.78 bits per heavy atom. The minimum Gasteiger partial charge on any atom is -0.326 e. The average Bonchev–Trinajstić information content (AvgIpc) is 2.47.